The molecule has 1 N–H and O–H groups in total. The van der Waals surface area contributed by atoms with Crippen LogP contribution in [-0.2, 0) is 23.8 Å². The van der Waals surface area contributed by atoms with Crippen LogP contribution in [0.1, 0.15) is 24.0 Å². The number of carbonyl (C=O) groups excluding carboxylic acids is 1. The number of amides is 1. The summed E-state index contributed by atoms with van der Waals surface area (Å²) in [5, 5.41) is 7.14. The van der Waals surface area contributed by atoms with Crippen LogP contribution in [0.3, 0.4) is 0 Å². The Morgan fingerprint density at radius 3 is 2.29 bits per heavy atom. The van der Waals surface area contributed by atoms with Gasteiger partial charge in [0.05, 0.1) is 5.41 Å². The van der Waals surface area contributed by atoms with Gasteiger partial charge in [-0.1, -0.05) is 60.7 Å². The number of nitrogens with zero attached hydrogens (tertiary/aromatic N) is 4. The van der Waals surface area contributed by atoms with Crippen molar-refractivity contribution in [3.63, 3.8) is 0 Å². The van der Waals surface area contributed by atoms with Crippen LogP contribution < -0.4 is 5.32 Å². The van der Waals surface area contributed by atoms with E-state index in [1.54, 1.807) is 18.1 Å². The molecule has 144 valence electrons. The number of hydrogen-bond acceptors (Lipinski definition) is 4. The molecule has 1 aliphatic heterocycles. The molecule has 0 unspecified atom stereocenters. The second-order valence-electron chi connectivity index (χ2n) is 7.41. The summed E-state index contributed by atoms with van der Waals surface area (Å²) in [6, 6.07) is 20.6. The molecule has 1 fully saturated rings. The summed E-state index contributed by atoms with van der Waals surface area (Å²) < 4.78 is 1.59. The smallest absolute Gasteiger partial charge is 0.248 e. The number of benzene rings is 2. The van der Waals surface area contributed by atoms with Gasteiger partial charge in [-0.25, -0.2) is 4.98 Å². The number of hydrogen-bond donors (Lipinski definition) is 1. The highest BCUT2D eigenvalue weighted by molar-refractivity contribution is 5.98. The maximum Gasteiger partial charge on any atom is 0.248 e. The van der Waals surface area contributed by atoms with Crippen LogP contribution in [-0.4, -0.2) is 38.7 Å². The molecule has 6 heteroatoms. The van der Waals surface area contributed by atoms with Crippen LogP contribution in [0, 0.1) is 0 Å². The van der Waals surface area contributed by atoms with Gasteiger partial charge in [-0.2, -0.15) is 0 Å². The van der Waals surface area contributed by atoms with Gasteiger partial charge in [0.2, 0.25) is 11.9 Å². The summed E-state index contributed by atoms with van der Waals surface area (Å²) in [6.07, 6.45) is 3.12. The minimum absolute atomic E-state index is 0.0238. The second-order valence-corrected chi connectivity index (χ2v) is 7.41. The Kier molecular flexibility index (Phi) is 5.21. The molecule has 0 atom stereocenters. The fourth-order valence-corrected chi connectivity index (χ4v) is 3.96. The summed E-state index contributed by atoms with van der Waals surface area (Å²) >= 11 is 0. The molecule has 6 nitrogen and oxygen atoms in total. The zero-order chi connectivity index (χ0) is 19.4. The highest BCUT2D eigenvalue weighted by Gasteiger charge is 2.43. The molecule has 2 heterocycles. The monoisotopic (exact) mass is 375 g/mol. The zero-order valence-electron chi connectivity index (χ0n) is 16.1. The topological polar surface area (TPSA) is 63.1 Å². The minimum Gasteiger partial charge on any atom is -0.299 e. The van der Waals surface area contributed by atoms with Crippen LogP contribution in [0.5, 0.6) is 0 Å². The van der Waals surface area contributed by atoms with Crippen molar-refractivity contribution in [1.29, 1.82) is 0 Å². The molecule has 0 saturated carbocycles. The molecule has 1 saturated heterocycles. The summed E-state index contributed by atoms with van der Waals surface area (Å²) in [4.78, 5) is 19.9. The van der Waals surface area contributed by atoms with Gasteiger partial charge in [-0.3, -0.25) is 19.7 Å². The first-order valence-electron chi connectivity index (χ1n) is 9.65. The van der Waals surface area contributed by atoms with Gasteiger partial charge in [0, 0.05) is 13.6 Å². The molecule has 28 heavy (non-hydrogen) atoms. The summed E-state index contributed by atoms with van der Waals surface area (Å²) in [5.41, 5.74) is 1.80. The average Bonchev–Trinajstić information content (AvgIpc) is 3.14. The average molecular weight is 375 g/mol. The summed E-state index contributed by atoms with van der Waals surface area (Å²) in [5.74, 6) is 0.332. The van der Waals surface area contributed by atoms with E-state index in [1.807, 2.05) is 24.3 Å². The normalized spacial score (nSPS) is 16.6. The van der Waals surface area contributed by atoms with Crippen LogP contribution in [0.2, 0.25) is 0 Å². The lowest BCUT2D eigenvalue weighted by atomic mass is 9.72. The Morgan fingerprint density at radius 2 is 1.68 bits per heavy atom. The van der Waals surface area contributed by atoms with Gasteiger partial charge in [-0.15, -0.1) is 5.10 Å². The third-order valence-corrected chi connectivity index (χ3v) is 5.54. The van der Waals surface area contributed by atoms with E-state index in [4.69, 9.17) is 0 Å². The third-order valence-electron chi connectivity index (χ3n) is 5.54. The standard InChI is InChI=1S/C22H25N5O/c1-26-17-23-21(25-26)24-20(28)22(19-10-6-3-7-11-19)12-14-27(15-13-22)16-18-8-4-2-5-9-18/h2-11,17H,12-16H2,1H3,(H,24,25,28). The molecule has 1 amide bonds. The fraction of sp³-hybridized carbons (Fsp3) is 0.318. The highest BCUT2D eigenvalue weighted by atomic mass is 16.2. The van der Waals surface area contributed by atoms with Crippen molar-refractivity contribution in [3.05, 3.63) is 78.1 Å². The minimum atomic E-state index is -0.562. The van der Waals surface area contributed by atoms with Crippen LogP contribution >= 0.6 is 0 Å². The first-order valence-corrected chi connectivity index (χ1v) is 9.65. The van der Waals surface area contributed by atoms with Crippen molar-refractivity contribution in [2.45, 2.75) is 24.8 Å². The van der Waals surface area contributed by atoms with E-state index in [0.717, 1.165) is 38.0 Å². The summed E-state index contributed by atoms with van der Waals surface area (Å²) in [7, 11) is 1.79. The van der Waals surface area contributed by atoms with E-state index in [0.29, 0.717) is 5.95 Å². The quantitative estimate of drug-likeness (QED) is 0.745. The number of nitrogens with one attached hydrogen (secondary N) is 1. The van der Waals surface area contributed by atoms with Crippen LogP contribution in [0.15, 0.2) is 67.0 Å². The van der Waals surface area contributed by atoms with Crippen molar-refractivity contribution >= 4 is 11.9 Å². The van der Waals surface area contributed by atoms with Gasteiger partial charge >= 0.3 is 0 Å². The number of aromatic nitrogens is 3. The number of rotatable bonds is 5. The summed E-state index contributed by atoms with van der Waals surface area (Å²) in [6.45, 7) is 2.65. The third kappa shape index (κ3) is 3.82. The Balaban J connectivity index is 1.53. The van der Waals surface area contributed by atoms with E-state index in [-0.39, 0.29) is 5.91 Å². The van der Waals surface area contributed by atoms with Gasteiger partial charge in [0.25, 0.3) is 0 Å². The predicted octanol–water partition coefficient (Wildman–Crippen LogP) is 2.99. The van der Waals surface area contributed by atoms with E-state index in [2.05, 4.69) is 56.7 Å². The van der Waals surface area contributed by atoms with Crippen molar-refractivity contribution in [1.82, 2.24) is 19.7 Å². The number of piperidine rings is 1. The largest absolute Gasteiger partial charge is 0.299 e. The lowest BCUT2D eigenvalue weighted by Crippen LogP contribution is -2.49. The number of aryl methyl sites for hydroxylation is 1. The van der Waals surface area contributed by atoms with E-state index >= 15 is 0 Å². The molecule has 0 radical (unpaired) electrons. The molecule has 4 rings (SSSR count). The first-order chi connectivity index (χ1) is 13.7. The Labute approximate surface area is 165 Å². The highest BCUT2D eigenvalue weighted by Crippen LogP contribution is 2.37. The molecule has 1 aliphatic rings. The Bertz CT molecular complexity index is 914. The van der Waals surface area contributed by atoms with Gasteiger partial charge in [-0.05, 0) is 37.1 Å². The number of carbonyl (C=O) groups is 1. The zero-order valence-corrected chi connectivity index (χ0v) is 16.1. The van der Waals surface area contributed by atoms with Crippen molar-refractivity contribution in [3.8, 4) is 0 Å². The van der Waals surface area contributed by atoms with E-state index in [9.17, 15) is 4.79 Å². The van der Waals surface area contributed by atoms with Gasteiger partial charge in [0.1, 0.15) is 6.33 Å². The molecule has 2 aromatic carbocycles. The Hall–Kier alpha value is -2.99. The van der Waals surface area contributed by atoms with Gasteiger partial charge in [0.15, 0.2) is 0 Å². The molecule has 3 aromatic rings. The second kappa shape index (κ2) is 7.94. The van der Waals surface area contributed by atoms with Crippen molar-refractivity contribution < 1.29 is 4.79 Å². The molecule has 1 aromatic heterocycles. The van der Waals surface area contributed by atoms with Crippen LogP contribution in [0.25, 0.3) is 0 Å². The molecule has 0 bridgehead atoms. The van der Waals surface area contributed by atoms with Crippen molar-refractivity contribution in [2.75, 3.05) is 18.4 Å². The molecule has 0 spiro atoms. The molecular weight excluding hydrogens is 350 g/mol. The Morgan fingerprint density at radius 1 is 1.04 bits per heavy atom. The lowest BCUT2D eigenvalue weighted by Gasteiger charge is -2.40. The molecule has 0 aliphatic carbocycles. The lowest BCUT2D eigenvalue weighted by molar-refractivity contribution is -0.123. The predicted molar refractivity (Wildman–Crippen MR) is 109 cm³/mol. The first kappa shape index (κ1) is 18.4. The number of likely N-dealkylation sites (tertiary alicyclic amines) is 1. The van der Waals surface area contributed by atoms with E-state index in [1.165, 1.54) is 5.56 Å². The van der Waals surface area contributed by atoms with Gasteiger partial charge < -0.3 is 0 Å². The van der Waals surface area contributed by atoms with Crippen LogP contribution in [0.4, 0.5) is 5.95 Å². The van der Waals surface area contributed by atoms with E-state index < -0.39 is 5.41 Å². The maximum absolute atomic E-state index is 13.3. The SMILES string of the molecule is Cn1cnc(NC(=O)C2(c3ccccc3)CCN(Cc3ccccc3)CC2)n1. The van der Waals surface area contributed by atoms with Crippen molar-refractivity contribution in [2.24, 2.45) is 7.05 Å². The number of anilines is 1. The molecular formula is C22H25N5O. The maximum atomic E-state index is 13.3. The fourth-order valence-electron chi connectivity index (χ4n) is 3.96.